The molecule has 0 aromatic heterocycles. The van der Waals surface area contributed by atoms with Crippen molar-refractivity contribution in [3.05, 3.63) is 75.8 Å². The van der Waals surface area contributed by atoms with Crippen LogP contribution in [0.15, 0.2) is 54.6 Å². The minimum Gasteiger partial charge on any atom is -0.496 e. The molecule has 2 aromatic rings. The van der Waals surface area contributed by atoms with E-state index in [4.69, 9.17) is 27.9 Å². The van der Waals surface area contributed by atoms with E-state index in [9.17, 15) is 5.26 Å². The van der Waals surface area contributed by atoms with E-state index >= 15 is 0 Å². The Labute approximate surface area is 139 Å². The normalized spacial score (nSPS) is 11.5. The highest BCUT2D eigenvalue weighted by atomic mass is 35.5. The largest absolute Gasteiger partial charge is 0.496 e. The third kappa shape index (κ3) is 3.92. The minimum atomic E-state index is 0.425. The van der Waals surface area contributed by atoms with Gasteiger partial charge < -0.3 is 4.74 Å². The lowest BCUT2D eigenvalue weighted by Gasteiger charge is -2.03. The number of hydrogen-bond acceptors (Lipinski definition) is 2. The van der Waals surface area contributed by atoms with Crippen LogP contribution in [0.2, 0.25) is 10.0 Å². The van der Waals surface area contributed by atoms with Crippen LogP contribution in [0.25, 0.3) is 11.6 Å². The van der Waals surface area contributed by atoms with Gasteiger partial charge in [0.2, 0.25) is 0 Å². The molecule has 0 radical (unpaired) electrons. The Morgan fingerprint density at radius 1 is 1.14 bits per heavy atom. The van der Waals surface area contributed by atoms with Gasteiger partial charge in [0, 0.05) is 5.56 Å². The molecule has 2 nitrogen and oxygen atoms in total. The van der Waals surface area contributed by atoms with Crippen LogP contribution in [0.3, 0.4) is 0 Å². The minimum absolute atomic E-state index is 0.425. The summed E-state index contributed by atoms with van der Waals surface area (Å²) in [7, 11) is 1.62. The third-order valence-electron chi connectivity index (χ3n) is 3.03. The molecule has 4 heteroatoms. The van der Waals surface area contributed by atoms with Gasteiger partial charge >= 0.3 is 0 Å². The predicted molar refractivity (Wildman–Crippen MR) is 92.1 cm³/mol. The molecule has 0 fully saturated rings. The van der Waals surface area contributed by atoms with Crippen molar-refractivity contribution in [2.24, 2.45) is 0 Å². The van der Waals surface area contributed by atoms with Gasteiger partial charge in [0.15, 0.2) is 0 Å². The topological polar surface area (TPSA) is 33.0 Å². The number of methoxy groups -OCH3 is 1. The standard InChI is InChI=1S/C18H13Cl2NO/c1-22-18-8-3-2-5-13(18)6-4-7-15(12-21)14-9-10-16(19)17(20)11-14/h2-11H,1H3/b6-4+,15-7-. The summed E-state index contributed by atoms with van der Waals surface area (Å²) in [5, 5.41) is 10.2. The molecule has 0 spiro atoms. The number of rotatable bonds is 4. The molecule has 0 atom stereocenters. The molecule has 0 saturated heterocycles. The first-order valence-electron chi connectivity index (χ1n) is 6.52. The van der Waals surface area contributed by atoms with Crippen LogP contribution in [0.5, 0.6) is 5.75 Å². The highest BCUT2D eigenvalue weighted by molar-refractivity contribution is 6.42. The van der Waals surface area contributed by atoms with Gasteiger partial charge in [0.1, 0.15) is 5.75 Å². The molecule has 0 aliphatic carbocycles. The number of allylic oxidation sites excluding steroid dienone is 3. The van der Waals surface area contributed by atoms with Crippen molar-refractivity contribution in [3.63, 3.8) is 0 Å². The zero-order valence-electron chi connectivity index (χ0n) is 11.9. The lowest BCUT2D eigenvalue weighted by Crippen LogP contribution is -1.85. The fourth-order valence-corrected chi connectivity index (χ4v) is 2.21. The molecule has 22 heavy (non-hydrogen) atoms. The van der Waals surface area contributed by atoms with Crippen LogP contribution in [0.4, 0.5) is 0 Å². The summed E-state index contributed by atoms with van der Waals surface area (Å²) in [5.41, 5.74) is 2.17. The number of nitriles is 1. The lowest BCUT2D eigenvalue weighted by molar-refractivity contribution is 0.414. The molecule has 0 unspecified atom stereocenters. The number of benzene rings is 2. The molecule has 0 heterocycles. The van der Waals surface area contributed by atoms with Gasteiger partial charge in [-0.05, 0) is 29.8 Å². The van der Waals surface area contributed by atoms with E-state index in [0.29, 0.717) is 15.6 Å². The average Bonchev–Trinajstić information content (AvgIpc) is 2.55. The number of hydrogen-bond donors (Lipinski definition) is 0. The fraction of sp³-hybridized carbons (Fsp3) is 0.0556. The Balaban J connectivity index is 2.28. The second-order valence-electron chi connectivity index (χ2n) is 4.42. The van der Waals surface area contributed by atoms with Crippen LogP contribution in [0.1, 0.15) is 11.1 Å². The zero-order chi connectivity index (χ0) is 15.9. The molecular formula is C18H13Cl2NO. The Bertz CT molecular complexity index is 773. The first-order chi connectivity index (χ1) is 10.7. The van der Waals surface area contributed by atoms with Crippen molar-refractivity contribution >= 4 is 34.9 Å². The van der Waals surface area contributed by atoms with E-state index < -0.39 is 0 Å². The Kier molecular flexibility index (Phi) is 5.66. The smallest absolute Gasteiger partial charge is 0.126 e. The number of nitrogens with zero attached hydrogens (tertiary/aromatic N) is 1. The van der Waals surface area contributed by atoms with Gasteiger partial charge in [0.05, 0.1) is 28.8 Å². The van der Waals surface area contributed by atoms with Gasteiger partial charge in [-0.2, -0.15) is 5.26 Å². The summed E-state index contributed by atoms with van der Waals surface area (Å²) < 4.78 is 5.27. The van der Waals surface area contributed by atoms with Crippen molar-refractivity contribution in [1.29, 1.82) is 5.26 Å². The van der Waals surface area contributed by atoms with Crippen LogP contribution in [0, 0.1) is 11.3 Å². The first kappa shape index (κ1) is 16.2. The highest BCUT2D eigenvalue weighted by Gasteiger charge is 2.03. The average molecular weight is 330 g/mol. The molecule has 2 aromatic carbocycles. The zero-order valence-corrected chi connectivity index (χ0v) is 13.4. The van der Waals surface area contributed by atoms with Gasteiger partial charge in [-0.1, -0.05) is 59.6 Å². The molecule has 0 amide bonds. The van der Waals surface area contributed by atoms with Crippen LogP contribution < -0.4 is 4.74 Å². The van der Waals surface area contributed by atoms with Crippen molar-refractivity contribution in [2.75, 3.05) is 7.11 Å². The molecule has 0 aliphatic heterocycles. The van der Waals surface area contributed by atoms with Crippen molar-refractivity contribution in [3.8, 4) is 11.8 Å². The van der Waals surface area contributed by atoms with Gasteiger partial charge in [-0.3, -0.25) is 0 Å². The maximum atomic E-state index is 9.28. The fourth-order valence-electron chi connectivity index (χ4n) is 1.91. The summed E-state index contributed by atoms with van der Waals surface area (Å²) in [6, 6.07) is 14.9. The van der Waals surface area contributed by atoms with Crippen LogP contribution in [-0.4, -0.2) is 7.11 Å². The van der Waals surface area contributed by atoms with E-state index in [1.54, 1.807) is 37.5 Å². The number of ether oxygens (including phenoxy) is 1. The second-order valence-corrected chi connectivity index (χ2v) is 5.24. The van der Waals surface area contributed by atoms with Crippen molar-refractivity contribution < 1.29 is 4.74 Å². The first-order valence-corrected chi connectivity index (χ1v) is 7.28. The van der Waals surface area contributed by atoms with E-state index in [0.717, 1.165) is 16.9 Å². The quantitative estimate of drug-likeness (QED) is 0.538. The Morgan fingerprint density at radius 2 is 1.91 bits per heavy atom. The number of para-hydroxylation sites is 1. The van der Waals surface area contributed by atoms with E-state index in [1.807, 2.05) is 30.3 Å². The van der Waals surface area contributed by atoms with Gasteiger partial charge in [0.25, 0.3) is 0 Å². The summed E-state index contributed by atoms with van der Waals surface area (Å²) in [4.78, 5) is 0. The van der Waals surface area contributed by atoms with Crippen LogP contribution in [-0.2, 0) is 0 Å². The maximum Gasteiger partial charge on any atom is 0.126 e. The maximum absolute atomic E-state index is 9.28. The monoisotopic (exact) mass is 329 g/mol. The van der Waals surface area contributed by atoms with Gasteiger partial charge in [-0.25, -0.2) is 0 Å². The highest BCUT2D eigenvalue weighted by Crippen LogP contribution is 2.26. The number of halogens is 2. The predicted octanol–water partition coefficient (Wildman–Crippen LogP) is 5.62. The molecule has 110 valence electrons. The lowest BCUT2D eigenvalue weighted by atomic mass is 10.1. The van der Waals surface area contributed by atoms with E-state index in [-0.39, 0.29) is 0 Å². The molecule has 0 N–H and O–H groups in total. The molecule has 0 saturated carbocycles. The summed E-state index contributed by atoms with van der Waals surface area (Å²) in [6.07, 6.45) is 5.42. The van der Waals surface area contributed by atoms with E-state index in [2.05, 4.69) is 6.07 Å². The van der Waals surface area contributed by atoms with Crippen LogP contribution >= 0.6 is 23.2 Å². The van der Waals surface area contributed by atoms with E-state index in [1.165, 1.54) is 0 Å². The molecular weight excluding hydrogens is 317 g/mol. The molecule has 0 bridgehead atoms. The summed E-state index contributed by atoms with van der Waals surface area (Å²) >= 11 is 11.9. The van der Waals surface area contributed by atoms with Crippen molar-refractivity contribution in [1.82, 2.24) is 0 Å². The summed E-state index contributed by atoms with van der Waals surface area (Å²) in [5.74, 6) is 0.778. The van der Waals surface area contributed by atoms with Crippen molar-refractivity contribution in [2.45, 2.75) is 0 Å². The third-order valence-corrected chi connectivity index (χ3v) is 3.77. The molecule has 0 aliphatic rings. The molecule has 2 rings (SSSR count). The summed E-state index contributed by atoms with van der Waals surface area (Å²) in [6.45, 7) is 0. The Morgan fingerprint density at radius 3 is 2.59 bits per heavy atom. The van der Waals surface area contributed by atoms with Gasteiger partial charge in [-0.15, -0.1) is 0 Å². The second kappa shape index (κ2) is 7.70. The Hall–Kier alpha value is -2.21. The SMILES string of the molecule is COc1ccccc1/C=C/C=C(/C#N)c1ccc(Cl)c(Cl)c1.